The number of nitrogens with zero attached hydrogens (tertiary/aromatic N) is 2. The van der Waals surface area contributed by atoms with E-state index in [9.17, 15) is 30.0 Å². The summed E-state index contributed by atoms with van der Waals surface area (Å²) >= 11 is 0. The highest BCUT2D eigenvalue weighted by molar-refractivity contribution is 8.93. The molecular weight excluding hydrogens is 740 g/mol. The summed E-state index contributed by atoms with van der Waals surface area (Å²) in [6.45, 7) is 5.06. The third-order valence-corrected chi connectivity index (χ3v) is 8.21. The topological polar surface area (TPSA) is 122 Å². The van der Waals surface area contributed by atoms with Crippen LogP contribution in [-0.2, 0) is 25.9 Å². The highest BCUT2D eigenvalue weighted by atomic mass is 79.9. The van der Waals surface area contributed by atoms with E-state index < -0.39 is 11.9 Å². The van der Waals surface area contributed by atoms with Crippen molar-refractivity contribution in [3.8, 4) is 11.5 Å². The predicted molar refractivity (Wildman–Crippen MR) is 200 cm³/mol. The van der Waals surface area contributed by atoms with Crippen LogP contribution in [0.25, 0.3) is 0 Å². The Balaban J connectivity index is 0.00000400. The Kier molecular flexibility index (Phi) is 18.0. The lowest BCUT2D eigenvalue weighted by Crippen LogP contribution is -2.27. The lowest BCUT2D eigenvalue weighted by atomic mass is 10.1. The van der Waals surface area contributed by atoms with Crippen molar-refractivity contribution in [3.63, 3.8) is 0 Å². The number of carboxylic acids is 2. The fourth-order valence-electron chi connectivity index (χ4n) is 5.64. The molecule has 8 nitrogen and oxygen atoms in total. The van der Waals surface area contributed by atoms with Gasteiger partial charge >= 0.3 is 11.9 Å². The van der Waals surface area contributed by atoms with Crippen LogP contribution < -0.4 is 0 Å². The number of hydrogen-bond acceptors (Lipinski definition) is 6. The van der Waals surface area contributed by atoms with Crippen molar-refractivity contribution < 1.29 is 30.0 Å². The average Bonchev–Trinajstić information content (AvgIpc) is 3.05. The first-order valence-corrected chi connectivity index (χ1v) is 15.9. The maximum atomic E-state index is 11.5. The van der Waals surface area contributed by atoms with Crippen molar-refractivity contribution in [3.05, 3.63) is 130 Å². The SMILES string of the molecule is Br.Br.O=C(O)c1cc(CCN(CCCCCCN(CCc2ccc(O)c(C(=O)O)c2)Cc2ccccc2)Cc2ccccc2)ccc1O. The number of unbranched alkanes of at least 4 members (excludes halogenated alkanes) is 3. The van der Waals surface area contributed by atoms with Crippen molar-refractivity contribution in [1.82, 2.24) is 9.80 Å². The standard InChI is InChI=1S/C38H44N2O6.2BrH/c41-35-17-15-29(25-33(35)37(43)44)19-23-39(27-31-11-5-3-6-12-31)21-9-1-2-10-22-40(28-32-13-7-4-8-14-32)24-20-30-16-18-36(42)34(26-30)38(45)46;;/h3-8,11-18,25-26,41-42H,1-2,9-10,19-24,27-28H2,(H,43,44)(H,45,46);2*1H. The quantitative estimate of drug-likeness (QED) is 0.0707. The zero-order chi connectivity index (χ0) is 32.7. The third kappa shape index (κ3) is 13.4. The molecule has 0 aliphatic heterocycles. The van der Waals surface area contributed by atoms with Gasteiger partial charge in [0.15, 0.2) is 0 Å². The van der Waals surface area contributed by atoms with Crippen molar-refractivity contribution >= 4 is 45.9 Å². The van der Waals surface area contributed by atoms with E-state index in [1.54, 1.807) is 24.3 Å². The van der Waals surface area contributed by atoms with E-state index >= 15 is 0 Å². The van der Waals surface area contributed by atoms with Crippen LogP contribution in [0.5, 0.6) is 11.5 Å². The number of aromatic hydroxyl groups is 2. The van der Waals surface area contributed by atoms with Crippen LogP contribution in [0.1, 0.15) is 68.7 Å². The largest absolute Gasteiger partial charge is 0.507 e. The van der Waals surface area contributed by atoms with Gasteiger partial charge in [-0.15, -0.1) is 34.0 Å². The lowest BCUT2D eigenvalue weighted by Gasteiger charge is -2.24. The summed E-state index contributed by atoms with van der Waals surface area (Å²) in [5.74, 6) is -2.69. The minimum atomic E-state index is -1.13. The molecule has 0 saturated heterocycles. The zero-order valence-electron chi connectivity index (χ0n) is 27.0. The van der Waals surface area contributed by atoms with E-state index in [4.69, 9.17) is 0 Å². The first-order valence-electron chi connectivity index (χ1n) is 15.9. The molecule has 4 N–H and O–H groups in total. The van der Waals surface area contributed by atoms with Crippen LogP contribution in [0.4, 0.5) is 0 Å². The van der Waals surface area contributed by atoms with Crippen molar-refractivity contribution in [1.29, 1.82) is 0 Å². The summed E-state index contributed by atoms with van der Waals surface area (Å²) in [6, 6.07) is 30.3. The number of carbonyl (C=O) groups is 2. The molecule has 0 bridgehead atoms. The molecule has 0 aliphatic carbocycles. The van der Waals surface area contributed by atoms with Gasteiger partial charge in [-0.05, 0) is 85.3 Å². The summed E-state index contributed by atoms with van der Waals surface area (Å²) in [5, 5.41) is 38.5. The van der Waals surface area contributed by atoms with Crippen LogP contribution in [0.3, 0.4) is 0 Å². The fraction of sp³-hybridized carbons (Fsp3) is 0.316. The van der Waals surface area contributed by atoms with Gasteiger partial charge in [-0.3, -0.25) is 9.80 Å². The Morgan fingerprint density at radius 2 is 0.854 bits per heavy atom. The van der Waals surface area contributed by atoms with Crippen LogP contribution >= 0.6 is 34.0 Å². The summed E-state index contributed by atoms with van der Waals surface area (Å²) in [6.07, 6.45) is 5.66. The Bertz CT molecular complexity index is 1440. The van der Waals surface area contributed by atoms with Gasteiger partial charge in [0.2, 0.25) is 0 Å². The second kappa shape index (κ2) is 21.3. The van der Waals surface area contributed by atoms with Gasteiger partial charge < -0.3 is 20.4 Å². The molecule has 4 aromatic rings. The second-order valence-electron chi connectivity index (χ2n) is 11.8. The molecule has 4 aromatic carbocycles. The van der Waals surface area contributed by atoms with E-state index in [2.05, 4.69) is 34.1 Å². The number of rotatable bonds is 19. The Morgan fingerprint density at radius 3 is 1.21 bits per heavy atom. The average molecular weight is 787 g/mol. The van der Waals surface area contributed by atoms with E-state index in [1.165, 1.54) is 23.3 Å². The minimum Gasteiger partial charge on any atom is -0.507 e. The molecule has 0 heterocycles. The summed E-state index contributed by atoms with van der Waals surface area (Å²) in [4.78, 5) is 27.7. The third-order valence-electron chi connectivity index (χ3n) is 8.21. The molecule has 0 aromatic heterocycles. The first kappa shape index (κ1) is 40.5. The van der Waals surface area contributed by atoms with E-state index in [1.807, 2.05) is 36.4 Å². The molecule has 0 unspecified atom stereocenters. The normalized spacial score (nSPS) is 10.8. The summed E-state index contributed by atoms with van der Waals surface area (Å²) < 4.78 is 0. The van der Waals surface area contributed by atoms with Crippen molar-refractivity contribution in [2.24, 2.45) is 0 Å². The Hall–Kier alpha value is -3.70. The highest BCUT2D eigenvalue weighted by Crippen LogP contribution is 2.21. The molecule has 48 heavy (non-hydrogen) atoms. The number of benzene rings is 4. The van der Waals surface area contributed by atoms with Crippen LogP contribution in [-0.4, -0.2) is 68.3 Å². The monoisotopic (exact) mass is 784 g/mol. The molecule has 258 valence electrons. The zero-order valence-corrected chi connectivity index (χ0v) is 30.5. The van der Waals surface area contributed by atoms with Crippen LogP contribution in [0.2, 0.25) is 0 Å². The van der Waals surface area contributed by atoms with E-state index in [0.29, 0.717) is 12.8 Å². The van der Waals surface area contributed by atoms with Gasteiger partial charge in [-0.2, -0.15) is 0 Å². The molecule has 10 heteroatoms. The van der Waals surface area contributed by atoms with E-state index in [0.717, 1.165) is 76.1 Å². The van der Waals surface area contributed by atoms with Crippen molar-refractivity contribution in [2.75, 3.05) is 26.2 Å². The molecule has 0 spiro atoms. The van der Waals surface area contributed by atoms with Gasteiger partial charge in [0.1, 0.15) is 22.6 Å². The fourth-order valence-corrected chi connectivity index (χ4v) is 5.64. The van der Waals surface area contributed by atoms with Gasteiger partial charge in [-0.25, -0.2) is 9.59 Å². The maximum absolute atomic E-state index is 11.5. The molecule has 0 aliphatic rings. The number of carboxylic acid groups (broad SMARTS) is 2. The maximum Gasteiger partial charge on any atom is 0.339 e. The lowest BCUT2D eigenvalue weighted by molar-refractivity contribution is 0.0682. The number of halogens is 2. The Labute approximate surface area is 304 Å². The molecule has 0 saturated carbocycles. The number of phenols is 2. The molecule has 4 rings (SSSR count). The molecule has 0 atom stereocenters. The minimum absolute atomic E-state index is 0. The van der Waals surface area contributed by atoms with Crippen LogP contribution in [0, 0.1) is 0 Å². The van der Waals surface area contributed by atoms with Gasteiger partial charge in [0.05, 0.1) is 0 Å². The number of aromatic carboxylic acids is 2. The molecular formula is C38H46Br2N2O6. The van der Waals surface area contributed by atoms with E-state index in [-0.39, 0.29) is 56.6 Å². The molecule has 0 amide bonds. The second-order valence-corrected chi connectivity index (χ2v) is 11.8. The van der Waals surface area contributed by atoms with Crippen LogP contribution in [0.15, 0.2) is 97.1 Å². The summed E-state index contributed by atoms with van der Waals surface area (Å²) in [5.41, 5.74) is 4.11. The van der Waals surface area contributed by atoms with Gasteiger partial charge in [0.25, 0.3) is 0 Å². The Morgan fingerprint density at radius 1 is 0.479 bits per heavy atom. The molecule has 0 fully saturated rings. The number of hydrogen-bond donors (Lipinski definition) is 4. The predicted octanol–water partition coefficient (Wildman–Crippen LogP) is 8.00. The first-order chi connectivity index (χ1) is 22.3. The molecule has 0 radical (unpaired) electrons. The summed E-state index contributed by atoms with van der Waals surface area (Å²) in [7, 11) is 0. The van der Waals surface area contributed by atoms with Crippen molar-refractivity contribution in [2.45, 2.75) is 51.6 Å². The van der Waals surface area contributed by atoms with Gasteiger partial charge in [0, 0.05) is 26.2 Å². The van der Waals surface area contributed by atoms with Gasteiger partial charge in [-0.1, -0.05) is 85.6 Å². The smallest absolute Gasteiger partial charge is 0.339 e. The highest BCUT2D eigenvalue weighted by Gasteiger charge is 2.14.